The number of nitrogens with two attached hydrogens (primary N) is 1. The van der Waals surface area contributed by atoms with Gasteiger partial charge in [-0.3, -0.25) is 9.78 Å². The molecule has 2 aromatic heterocycles. The number of pyridine rings is 1. The van der Waals surface area contributed by atoms with Crippen LogP contribution in [-0.2, 0) is 14.9 Å². The van der Waals surface area contributed by atoms with Crippen molar-refractivity contribution in [3.8, 4) is 17.1 Å². The lowest BCUT2D eigenvalue weighted by molar-refractivity contribution is -0.137. The average molecular weight is 436 g/mol. The minimum atomic E-state index is -0.220. The van der Waals surface area contributed by atoms with Crippen molar-refractivity contribution in [3.05, 3.63) is 48.3 Å². The first-order valence-electron chi connectivity index (χ1n) is 10.8. The number of carbonyl (C=O) groups excluding carboxylic acids is 1. The fourth-order valence-corrected chi connectivity index (χ4v) is 3.68. The zero-order chi connectivity index (χ0) is 22.7. The zero-order valence-electron chi connectivity index (χ0n) is 18.7. The SMILES string of the molecule is CC(=O)N1CCO[C@H](COc2nc(-c3ccc(C(C)(C)CN)cc3)cc3nccnc23)C1. The van der Waals surface area contributed by atoms with Crippen LogP contribution in [0.5, 0.6) is 5.88 Å². The fourth-order valence-electron chi connectivity index (χ4n) is 3.68. The summed E-state index contributed by atoms with van der Waals surface area (Å²) in [5.74, 6) is 0.441. The van der Waals surface area contributed by atoms with Crippen molar-refractivity contribution >= 4 is 16.9 Å². The number of fused-ring (bicyclic) bond motifs is 1. The number of morpholine rings is 1. The Balaban J connectivity index is 1.60. The molecule has 168 valence electrons. The Kier molecular flexibility index (Phi) is 6.34. The third kappa shape index (κ3) is 4.71. The molecule has 0 spiro atoms. The third-order valence-corrected chi connectivity index (χ3v) is 5.89. The van der Waals surface area contributed by atoms with Crippen molar-refractivity contribution in [1.82, 2.24) is 19.9 Å². The van der Waals surface area contributed by atoms with Crippen LogP contribution in [0, 0.1) is 0 Å². The van der Waals surface area contributed by atoms with E-state index >= 15 is 0 Å². The highest BCUT2D eigenvalue weighted by Gasteiger charge is 2.24. The van der Waals surface area contributed by atoms with Gasteiger partial charge in [-0.2, -0.15) is 0 Å². The number of benzene rings is 1. The van der Waals surface area contributed by atoms with Gasteiger partial charge in [0.05, 0.1) is 24.4 Å². The van der Waals surface area contributed by atoms with Crippen LogP contribution >= 0.6 is 0 Å². The van der Waals surface area contributed by atoms with Crippen molar-refractivity contribution in [2.45, 2.75) is 32.3 Å². The smallest absolute Gasteiger partial charge is 0.242 e. The highest BCUT2D eigenvalue weighted by molar-refractivity contribution is 5.83. The van der Waals surface area contributed by atoms with Crippen molar-refractivity contribution in [2.75, 3.05) is 32.8 Å². The lowest BCUT2D eigenvalue weighted by Gasteiger charge is -2.32. The van der Waals surface area contributed by atoms with Gasteiger partial charge in [0, 0.05) is 43.4 Å². The van der Waals surface area contributed by atoms with Crippen LogP contribution < -0.4 is 10.5 Å². The molecule has 0 unspecified atom stereocenters. The molecule has 0 aliphatic carbocycles. The largest absolute Gasteiger partial charge is 0.473 e. The van der Waals surface area contributed by atoms with E-state index in [0.29, 0.717) is 43.2 Å². The van der Waals surface area contributed by atoms with Crippen LogP contribution in [-0.4, -0.2) is 64.7 Å². The van der Waals surface area contributed by atoms with Gasteiger partial charge in [0.2, 0.25) is 11.8 Å². The fraction of sp³-hybridized carbons (Fsp3) is 0.417. The quantitative estimate of drug-likeness (QED) is 0.635. The zero-order valence-corrected chi connectivity index (χ0v) is 18.7. The molecule has 1 saturated heterocycles. The van der Waals surface area contributed by atoms with Crippen molar-refractivity contribution < 1.29 is 14.3 Å². The number of rotatable bonds is 6. The molecular weight excluding hydrogens is 406 g/mol. The first-order valence-corrected chi connectivity index (χ1v) is 10.8. The van der Waals surface area contributed by atoms with E-state index in [4.69, 9.17) is 20.2 Å². The lowest BCUT2D eigenvalue weighted by Crippen LogP contribution is -2.46. The second kappa shape index (κ2) is 9.18. The highest BCUT2D eigenvalue weighted by atomic mass is 16.5. The van der Waals surface area contributed by atoms with E-state index in [2.05, 4.69) is 35.9 Å². The number of carbonyl (C=O) groups is 1. The molecule has 3 heterocycles. The van der Waals surface area contributed by atoms with Gasteiger partial charge >= 0.3 is 0 Å². The Labute approximate surface area is 187 Å². The number of hydrogen-bond donors (Lipinski definition) is 1. The standard InChI is InChI=1S/C24H29N5O3/c1-16(30)29-10-11-31-19(13-29)14-32-23-22-21(26-8-9-27-22)12-20(28-23)17-4-6-18(7-5-17)24(2,3)15-25/h4-9,12,19H,10-11,13-15,25H2,1-3H3/t19-/m0/s1. The van der Waals surface area contributed by atoms with Gasteiger partial charge in [0.1, 0.15) is 12.7 Å². The Morgan fingerprint density at radius 2 is 2.00 bits per heavy atom. The summed E-state index contributed by atoms with van der Waals surface area (Å²) in [6.07, 6.45) is 3.05. The van der Waals surface area contributed by atoms with Crippen molar-refractivity contribution in [1.29, 1.82) is 0 Å². The maximum atomic E-state index is 11.7. The van der Waals surface area contributed by atoms with Crippen molar-refractivity contribution in [2.24, 2.45) is 5.73 Å². The Bertz CT molecular complexity index is 1100. The van der Waals surface area contributed by atoms with E-state index in [0.717, 1.165) is 11.3 Å². The number of amides is 1. The predicted octanol–water partition coefficient (Wildman–Crippen LogP) is 2.55. The monoisotopic (exact) mass is 435 g/mol. The molecule has 1 aromatic carbocycles. The Morgan fingerprint density at radius 3 is 2.72 bits per heavy atom. The molecule has 1 fully saturated rings. The van der Waals surface area contributed by atoms with Gasteiger partial charge in [-0.15, -0.1) is 0 Å². The minimum Gasteiger partial charge on any atom is -0.473 e. The first kappa shape index (κ1) is 22.1. The number of hydrogen-bond acceptors (Lipinski definition) is 7. The molecule has 0 radical (unpaired) electrons. The minimum absolute atomic E-state index is 0.0380. The molecule has 1 aliphatic heterocycles. The summed E-state index contributed by atoms with van der Waals surface area (Å²) in [6, 6.07) is 10.1. The van der Waals surface area contributed by atoms with Gasteiger partial charge < -0.3 is 20.1 Å². The van der Waals surface area contributed by atoms with Gasteiger partial charge in [-0.05, 0) is 11.6 Å². The molecule has 0 bridgehead atoms. The molecule has 8 nitrogen and oxygen atoms in total. The summed E-state index contributed by atoms with van der Waals surface area (Å²) in [5, 5.41) is 0. The molecule has 8 heteroatoms. The van der Waals surface area contributed by atoms with E-state index in [-0.39, 0.29) is 24.0 Å². The van der Waals surface area contributed by atoms with Crippen LogP contribution in [0.4, 0.5) is 0 Å². The van der Waals surface area contributed by atoms with Crippen LogP contribution in [0.2, 0.25) is 0 Å². The van der Waals surface area contributed by atoms with Gasteiger partial charge in [-0.1, -0.05) is 38.1 Å². The summed E-state index contributed by atoms with van der Waals surface area (Å²) in [6.45, 7) is 8.25. The van der Waals surface area contributed by atoms with Crippen molar-refractivity contribution in [3.63, 3.8) is 0 Å². The Morgan fingerprint density at radius 1 is 1.25 bits per heavy atom. The highest BCUT2D eigenvalue weighted by Crippen LogP contribution is 2.29. The maximum absolute atomic E-state index is 11.7. The molecule has 32 heavy (non-hydrogen) atoms. The summed E-state index contributed by atoms with van der Waals surface area (Å²) in [5.41, 5.74) is 9.99. The van der Waals surface area contributed by atoms with Crippen LogP contribution in [0.3, 0.4) is 0 Å². The van der Waals surface area contributed by atoms with E-state index in [1.54, 1.807) is 24.2 Å². The molecule has 4 rings (SSSR count). The Hall–Kier alpha value is -3.10. The van der Waals surface area contributed by atoms with Crippen LogP contribution in [0.1, 0.15) is 26.3 Å². The second-order valence-electron chi connectivity index (χ2n) is 8.67. The van der Waals surface area contributed by atoms with Gasteiger partial charge in [0.25, 0.3) is 0 Å². The number of aromatic nitrogens is 3. The van der Waals surface area contributed by atoms with Gasteiger partial charge in [-0.25, -0.2) is 9.97 Å². The van der Waals surface area contributed by atoms with Crippen LogP contribution in [0.25, 0.3) is 22.3 Å². The van der Waals surface area contributed by atoms with Gasteiger partial charge in [0.15, 0.2) is 5.52 Å². The normalized spacial score (nSPS) is 16.9. The molecular formula is C24H29N5O3. The number of ether oxygens (including phenoxy) is 2. The summed E-state index contributed by atoms with van der Waals surface area (Å²) in [7, 11) is 0. The van der Waals surface area contributed by atoms with Crippen LogP contribution in [0.15, 0.2) is 42.7 Å². The first-order chi connectivity index (χ1) is 15.4. The molecule has 1 atom stereocenters. The summed E-state index contributed by atoms with van der Waals surface area (Å²) < 4.78 is 11.8. The van der Waals surface area contributed by atoms with E-state index in [1.165, 1.54) is 5.56 Å². The molecule has 1 aliphatic rings. The summed E-state index contributed by atoms with van der Waals surface area (Å²) >= 11 is 0. The second-order valence-corrected chi connectivity index (χ2v) is 8.67. The predicted molar refractivity (Wildman–Crippen MR) is 122 cm³/mol. The molecule has 1 amide bonds. The third-order valence-electron chi connectivity index (χ3n) is 5.89. The summed E-state index contributed by atoms with van der Waals surface area (Å²) in [4.78, 5) is 27.1. The van der Waals surface area contributed by atoms with E-state index in [1.807, 2.05) is 18.2 Å². The molecule has 0 saturated carbocycles. The maximum Gasteiger partial charge on any atom is 0.242 e. The average Bonchev–Trinajstić information content (AvgIpc) is 2.82. The lowest BCUT2D eigenvalue weighted by atomic mass is 9.84. The van der Waals surface area contributed by atoms with E-state index in [9.17, 15) is 4.79 Å². The number of nitrogens with zero attached hydrogens (tertiary/aromatic N) is 4. The molecule has 2 N–H and O–H groups in total. The van der Waals surface area contributed by atoms with E-state index < -0.39 is 0 Å². The topological polar surface area (TPSA) is 103 Å². The molecule has 3 aromatic rings.